The van der Waals surface area contributed by atoms with Gasteiger partial charge in [0.15, 0.2) is 0 Å². The minimum Gasteiger partial charge on any atom is -0.481 e. The third-order valence-electron chi connectivity index (χ3n) is 1.31. The molecule has 0 aliphatic heterocycles. The van der Waals surface area contributed by atoms with E-state index in [-0.39, 0.29) is 18.7 Å². The van der Waals surface area contributed by atoms with Gasteiger partial charge in [0.1, 0.15) is 0 Å². The maximum absolute atomic E-state index is 10.8. The van der Waals surface area contributed by atoms with Crippen molar-refractivity contribution in [3.05, 3.63) is 6.92 Å². The Balaban J connectivity index is 3.28. The van der Waals surface area contributed by atoms with Gasteiger partial charge in [0.05, 0.1) is 6.42 Å². The second-order valence-corrected chi connectivity index (χ2v) is 2.45. The van der Waals surface area contributed by atoms with Crippen molar-refractivity contribution in [1.29, 1.82) is 0 Å². The van der Waals surface area contributed by atoms with Crippen LogP contribution in [0, 0.1) is 6.92 Å². The van der Waals surface area contributed by atoms with Gasteiger partial charge in [-0.1, -0.05) is 13.3 Å². The number of carboxylic acids is 1. The molecule has 12 heavy (non-hydrogen) atoms. The van der Waals surface area contributed by atoms with Gasteiger partial charge in [0.25, 0.3) is 0 Å². The Labute approximate surface area is 72.0 Å². The summed E-state index contributed by atoms with van der Waals surface area (Å²) in [6.45, 7) is 4.20. The van der Waals surface area contributed by atoms with E-state index in [1.54, 1.807) is 0 Å². The summed E-state index contributed by atoms with van der Waals surface area (Å²) in [7, 11) is 0. The van der Waals surface area contributed by atoms with Crippen LogP contribution in [0.4, 0.5) is 0 Å². The number of rotatable bonds is 6. The van der Waals surface area contributed by atoms with Crippen LogP contribution in [0.1, 0.15) is 25.7 Å². The molecule has 0 saturated carbocycles. The molecule has 0 aromatic carbocycles. The smallest absolute Gasteiger partial charge is 0.303 e. The third kappa shape index (κ3) is 7.05. The van der Waals surface area contributed by atoms with Gasteiger partial charge in [-0.05, 0) is 6.42 Å². The number of unbranched alkanes of at least 4 members (excludes halogenated alkanes) is 1. The molecule has 0 aliphatic rings. The molecular formula is C8H14NO3. The molecule has 0 rings (SSSR count). The van der Waals surface area contributed by atoms with Gasteiger partial charge >= 0.3 is 5.97 Å². The molecule has 0 unspecified atom stereocenters. The van der Waals surface area contributed by atoms with Crippen molar-refractivity contribution >= 4 is 11.9 Å². The van der Waals surface area contributed by atoms with Crippen molar-refractivity contribution in [3.63, 3.8) is 0 Å². The van der Waals surface area contributed by atoms with Gasteiger partial charge in [0.2, 0.25) is 5.91 Å². The Morgan fingerprint density at radius 3 is 2.50 bits per heavy atom. The molecule has 0 heterocycles. The van der Waals surface area contributed by atoms with Crippen molar-refractivity contribution in [1.82, 2.24) is 5.32 Å². The highest BCUT2D eigenvalue weighted by molar-refractivity contribution is 5.80. The molecule has 69 valence electrons. The SMILES string of the molecule is [CH2]CCCNC(=O)CCC(=O)O. The summed E-state index contributed by atoms with van der Waals surface area (Å²) >= 11 is 0. The summed E-state index contributed by atoms with van der Waals surface area (Å²) in [6, 6.07) is 0. The molecule has 0 bridgehead atoms. The van der Waals surface area contributed by atoms with Gasteiger partial charge in [-0.15, -0.1) is 0 Å². The standard InChI is InChI=1S/C8H14NO3/c1-2-3-6-9-7(10)4-5-8(11)12/h1-6H2,(H,9,10)(H,11,12). The number of carbonyl (C=O) groups excluding carboxylic acids is 1. The lowest BCUT2D eigenvalue weighted by Gasteiger charge is -2.01. The highest BCUT2D eigenvalue weighted by Crippen LogP contribution is 1.89. The summed E-state index contributed by atoms with van der Waals surface area (Å²) in [5, 5.41) is 10.8. The first kappa shape index (κ1) is 10.9. The third-order valence-corrected chi connectivity index (χ3v) is 1.31. The second-order valence-electron chi connectivity index (χ2n) is 2.45. The highest BCUT2D eigenvalue weighted by Gasteiger charge is 2.03. The van der Waals surface area contributed by atoms with Crippen LogP contribution < -0.4 is 5.32 Å². The molecule has 0 aromatic heterocycles. The minimum absolute atomic E-state index is 0.0620. The lowest BCUT2D eigenvalue weighted by molar-refractivity contribution is -0.138. The molecule has 0 fully saturated rings. The van der Waals surface area contributed by atoms with E-state index in [0.717, 1.165) is 12.8 Å². The quantitative estimate of drug-likeness (QED) is 0.576. The number of hydrogen-bond donors (Lipinski definition) is 2. The first-order valence-electron chi connectivity index (χ1n) is 3.94. The topological polar surface area (TPSA) is 66.4 Å². The molecule has 1 radical (unpaired) electrons. The first-order valence-corrected chi connectivity index (χ1v) is 3.94. The van der Waals surface area contributed by atoms with Gasteiger partial charge in [-0.3, -0.25) is 9.59 Å². The zero-order valence-electron chi connectivity index (χ0n) is 7.01. The van der Waals surface area contributed by atoms with Gasteiger partial charge < -0.3 is 10.4 Å². The van der Waals surface area contributed by atoms with Gasteiger partial charge in [-0.25, -0.2) is 0 Å². The van der Waals surface area contributed by atoms with E-state index in [2.05, 4.69) is 12.2 Å². The zero-order valence-corrected chi connectivity index (χ0v) is 7.01. The molecule has 0 aromatic rings. The average molecular weight is 172 g/mol. The highest BCUT2D eigenvalue weighted by atomic mass is 16.4. The summed E-state index contributed by atoms with van der Waals surface area (Å²) in [5.41, 5.74) is 0. The molecule has 4 nitrogen and oxygen atoms in total. The maximum atomic E-state index is 10.8. The van der Waals surface area contributed by atoms with Crippen LogP contribution in [0.3, 0.4) is 0 Å². The molecule has 2 N–H and O–H groups in total. The Hall–Kier alpha value is -1.06. The Morgan fingerprint density at radius 1 is 1.33 bits per heavy atom. The Morgan fingerprint density at radius 2 is 2.00 bits per heavy atom. The van der Waals surface area contributed by atoms with E-state index in [0.29, 0.717) is 6.54 Å². The molecular weight excluding hydrogens is 158 g/mol. The maximum Gasteiger partial charge on any atom is 0.303 e. The zero-order chi connectivity index (χ0) is 9.40. The summed E-state index contributed by atoms with van der Waals surface area (Å²) in [6.07, 6.45) is 1.57. The summed E-state index contributed by atoms with van der Waals surface area (Å²) < 4.78 is 0. The van der Waals surface area contributed by atoms with Crippen LogP contribution in [0.2, 0.25) is 0 Å². The van der Waals surface area contributed by atoms with Crippen LogP contribution >= 0.6 is 0 Å². The normalized spacial score (nSPS) is 9.42. The lowest BCUT2D eigenvalue weighted by Crippen LogP contribution is -2.24. The summed E-state index contributed by atoms with van der Waals surface area (Å²) in [4.78, 5) is 20.9. The molecule has 4 heteroatoms. The van der Waals surface area contributed by atoms with Crippen molar-refractivity contribution in [2.75, 3.05) is 6.54 Å². The Kier molecular flexibility index (Phi) is 6.05. The number of carboxylic acid groups (broad SMARTS) is 1. The van der Waals surface area contributed by atoms with Crippen molar-refractivity contribution in [2.24, 2.45) is 0 Å². The number of hydrogen-bond acceptors (Lipinski definition) is 2. The Bertz CT molecular complexity index is 156. The number of carbonyl (C=O) groups is 2. The average Bonchev–Trinajstić information content (AvgIpc) is 2.01. The predicted molar refractivity (Wildman–Crippen MR) is 44.5 cm³/mol. The molecule has 0 saturated heterocycles. The van der Waals surface area contributed by atoms with E-state index in [9.17, 15) is 9.59 Å². The fraction of sp³-hybridized carbons (Fsp3) is 0.625. The van der Waals surface area contributed by atoms with Gasteiger partial charge in [-0.2, -0.15) is 0 Å². The van der Waals surface area contributed by atoms with E-state index < -0.39 is 5.97 Å². The van der Waals surface area contributed by atoms with Crippen LogP contribution in [0.5, 0.6) is 0 Å². The summed E-state index contributed by atoms with van der Waals surface area (Å²) in [5.74, 6) is -1.15. The van der Waals surface area contributed by atoms with E-state index in [1.165, 1.54) is 0 Å². The van der Waals surface area contributed by atoms with Crippen molar-refractivity contribution < 1.29 is 14.7 Å². The van der Waals surface area contributed by atoms with Crippen molar-refractivity contribution in [2.45, 2.75) is 25.7 Å². The van der Waals surface area contributed by atoms with Crippen molar-refractivity contribution in [3.8, 4) is 0 Å². The molecule has 0 spiro atoms. The van der Waals surface area contributed by atoms with Crippen LogP contribution in [0.15, 0.2) is 0 Å². The van der Waals surface area contributed by atoms with E-state index in [1.807, 2.05) is 0 Å². The minimum atomic E-state index is -0.942. The number of nitrogens with one attached hydrogen (secondary N) is 1. The fourth-order valence-corrected chi connectivity index (χ4v) is 0.662. The van der Waals surface area contributed by atoms with Crippen LogP contribution in [-0.4, -0.2) is 23.5 Å². The lowest BCUT2D eigenvalue weighted by atomic mass is 10.3. The van der Waals surface area contributed by atoms with Crippen LogP contribution in [0.25, 0.3) is 0 Å². The van der Waals surface area contributed by atoms with Gasteiger partial charge in [0, 0.05) is 13.0 Å². The number of aliphatic carboxylic acids is 1. The fourth-order valence-electron chi connectivity index (χ4n) is 0.662. The number of amides is 1. The van der Waals surface area contributed by atoms with Crippen LogP contribution in [-0.2, 0) is 9.59 Å². The molecule has 0 atom stereocenters. The molecule has 0 aliphatic carbocycles. The second kappa shape index (κ2) is 6.64. The molecule has 1 amide bonds. The first-order chi connectivity index (χ1) is 5.66. The van der Waals surface area contributed by atoms with E-state index >= 15 is 0 Å². The largest absolute Gasteiger partial charge is 0.481 e. The van der Waals surface area contributed by atoms with E-state index in [4.69, 9.17) is 5.11 Å². The monoisotopic (exact) mass is 172 g/mol. The predicted octanol–water partition coefficient (Wildman–Crippen LogP) is 0.582.